The van der Waals surface area contributed by atoms with E-state index in [9.17, 15) is 8.42 Å². The second-order valence-electron chi connectivity index (χ2n) is 4.44. The first-order chi connectivity index (χ1) is 9.62. The zero-order chi connectivity index (χ0) is 14.4. The van der Waals surface area contributed by atoms with Crippen molar-refractivity contribution in [3.05, 3.63) is 54.6 Å². The Balaban J connectivity index is 2.30. The molecule has 106 valence electrons. The van der Waals surface area contributed by atoms with Gasteiger partial charge in [0, 0.05) is 12.1 Å². The first-order valence-electron chi connectivity index (χ1n) is 6.42. The quantitative estimate of drug-likeness (QED) is 0.858. The van der Waals surface area contributed by atoms with E-state index in [-0.39, 0.29) is 5.75 Å². The van der Waals surface area contributed by atoms with Gasteiger partial charge >= 0.3 is 0 Å². The third kappa shape index (κ3) is 3.82. The van der Waals surface area contributed by atoms with E-state index in [0.717, 1.165) is 11.1 Å². The minimum Gasteiger partial charge on any atom is -0.319 e. The van der Waals surface area contributed by atoms with E-state index in [2.05, 4.69) is 10.0 Å². The highest BCUT2D eigenvalue weighted by Gasteiger charge is 2.12. The van der Waals surface area contributed by atoms with Crippen molar-refractivity contribution in [2.75, 3.05) is 24.1 Å². The van der Waals surface area contributed by atoms with Crippen molar-refractivity contribution in [3.8, 4) is 11.1 Å². The highest BCUT2D eigenvalue weighted by molar-refractivity contribution is 7.92. The molecular formula is C15H18N2O2S. The highest BCUT2D eigenvalue weighted by atomic mass is 32.2. The molecule has 0 heterocycles. The van der Waals surface area contributed by atoms with Crippen LogP contribution in [0.5, 0.6) is 0 Å². The predicted molar refractivity (Wildman–Crippen MR) is 83.2 cm³/mol. The van der Waals surface area contributed by atoms with Gasteiger partial charge in [-0.1, -0.05) is 48.5 Å². The van der Waals surface area contributed by atoms with E-state index < -0.39 is 10.0 Å². The van der Waals surface area contributed by atoms with Gasteiger partial charge in [-0.05, 0) is 18.7 Å². The smallest absolute Gasteiger partial charge is 0.233 e. The van der Waals surface area contributed by atoms with E-state index in [1.807, 2.05) is 48.5 Å². The van der Waals surface area contributed by atoms with Crippen LogP contribution >= 0.6 is 0 Å². The molecule has 5 heteroatoms. The van der Waals surface area contributed by atoms with Crippen molar-refractivity contribution in [2.24, 2.45) is 0 Å². The molecule has 0 fully saturated rings. The summed E-state index contributed by atoms with van der Waals surface area (Å²) in [6.45, 7) is 0.419. The molecule has 4 nitrogen and oxygen atoms in total. The molecule has 0 saturated heterocycles. The summed E-state index contributed by atoms with van der Waals surface area (Å²) in [6, 6.07) is 17.1. The van der Waals surface area contributed by atoms with Crippen LogP contribution in [0.2, 0.25) is 0 Å². The summed E-state index contributed by atoms with van der Waals surface area (Å²) in [6.07, 6.45) is 0. The van der Waals surface area contributed by atoms with E-state index >= 15 is 0 Å². The molecule has 0 aliphatic heterocycles. The summed E-state index contributed by atoms with van der Waals surface area (Å²) in [5, 5.41) is 2.84. The van der Waals surface area contributed by atoms with Gasteiger partial charge in [0.25, 0.3) is 0 Å². The van der Waals surface area contributed by atoms with Crippen LogP contribution < -0.4 is 10.0 Å². The molecule has 0 aromatic heterocycles. The molecule has 0 bridgehead atoms. The average Bonchev–Trinajstić information content (AvgIpc) is 2.46. The van der Waals surface area contributed by atoms with Crippen molar-refractivity contribution in [1.82, 2.24) is 5.32 Å². The monoisotopic (exact) mass is 290 g/mol. The lowest BCUT2D eigenvalue weighted by molar-refractivity contribution is 0.599. The normalized spacial score (nSPS) is 11.2. The highest BCUT2D eigenvalue weighted by Crippen LogP contribution is 2.28. The summed E-state index contributed by atoms with van der Waals surface area (Å²) < 4.78 is 26.6. The van der Waals surface area contributed by atoms with E-state index in [4.69, 9.17) is 0 Å². The predicted octanol–water partition coefficient (Wildman–Crippen LogP) is 2.31. The van der Waals surface area contributed by atoms with Gasteiger partial charge in [0.05, 0.1) is 11.4 Å². The Morgan fingerprint density at radius 2 is 1.60 bits per heavy atom. The molecule has 0 amide bonds. The van der Waals surface area contributed by atoms with Gasteiger partial charge in [0.15, 0.2) is 0 Å². The summed E-state index contributed by atoms with van der Waals surface area (Å²) in [4.78, 5) is 0. The fourth-order valence-electron chi connectivity index (χ4n) is 1.90. The molecule has 0 aliphatic rings. The number of sulfonamides is 1. The molecular weight excluding hydrogens is 272 g/mol. The summed E-state index contributed by atoms with van der Waals surface area (Å²) >= 11 is 0. The van der Waals surface area contributed by atoms with Gasteiger partial charge in [-0.3, -0.25) is 4.72 Å². The van der Waals surface area contributed by atoms with E-state index in [1.165, 1.54) is 0 Å². The fraction of sp³-hybridized carbons (Fsp3) is 0.200. The number of hydrogen-bond acceptors (Lipinski definition) is 3. The number of nitrogens with one attached hydrogen (secondary N) is 2. The van der Waals surface area contributed by atoms with E-state index in [0.29, 0.717) is 12.2 Å². The molecule has 0 spiro atoms. The number of rotatable bonds is 6. The first-order valence-corrected chi connectivity index (χ1v) is 8.07. The van der Waals surface area contributed by atoms with Gasteiger partial charge in [-0.25, -0.2) is 8.42 Å². The Kier molecular flexibility index (Phi) is 4.76. The van der Waals surface area contributed by atoms with Crippen molar-refractivity contribution in [3.63, 3.8) is 0 Å². The van der Waals surface area contributed by atoms with Crippen molar-refractivity contribution >= 4 is 15.7 Å². The van der Waals surface area contributed by atoms with Crippen LogP contribution in [0.4, 0.5) is 5.69 Å². The Morgan fingerprint density at radius 1 is 0.950 bits per heavy atom. The van der Waals surface area contributed by atoms with E-state index in [1.54, 1.807) is 13.1 Å². The van der Waals surface area contributed by atoms with Crippen molar-refractivity contribution in [2.45, 2.75) is 0 Å². The summed E-state index contributed by atoms with van der Waals surface area (Å²) in [5.74, 6) is 0.0482. The molecule has 2 rings (SSSR count). The second-order valence-corrected chi connectivity index (χ2v) is 6.28. The third-order valence-corrected chi connectivity index (χ3v) is 4.17. The standard InChI is InChI=1S/C15H18N2O2S/c1-16-11-12-20(18,19)17-15-10-6-5-9-14(15)13-7-3-2-4-8-13/h2-10,16-17H,11-12H2,1H3. The zero-order valence-corrected chi connectivity index (χ0v) is 12.2. The lowest BCUT2D eigenvalue weighted by Gasteiger charge is -2.12. The lowest BCUT2D eigenvalue weighted by Crippen LogP contribution is -2.24. The molecule has 0 saturated carbocycles. The lowest BCUT2D eigenvalue weighted by atomic mass is 10.0. The van der Waals surface area contributed by atoms with Crippen LogP contribution in [0.3, 0.4) is 0 Å². The van der Waals surface area contributed by atoms with Crippen LogP contribution in [-0.2, 0) is 10.0 Å². The van der Waals surface area contributed by atoms with Crippen molar-refractivity contribution in [1.29, 1.82) is 0 Å². The zero-order valence-electron chi connectivity index (χ0n) is 11.3. The van der Waals surface area contributed by atoms with Crippen LogP contribution in [0, 0.1) is 0 Å². The second kappa shape index (κ2) is 6.54. The van der Waals surface area contributed by atoms with Gasteiger partial charge in [-0.15, -0.1) is 0 Å². The SMILES string of the molecule is CNCCS(=O)(=O)Nc1ccccc1-c1ccccc1. The van der Waals surface area contributed by atoms with Crippen LogP contribution in [0.25, 0.3) is 11.1 Å². The number of benzene rings is 2. The van der Waals surface area contributed by atoms with Crippen LogP contribution in [-0.4, -0.2) is 27.8 Å². The average molecular weight is 290 g/mol. The minimum absolute atomic E-state index is 0.0482. The molecule has 2 aromatic carbocycles. The summed E-state index contributed by atoms with van der Waals surface area (Å²) in [7, 11) is -1.61. The minimum atomic E-state index is -3.34. The topological polar surface area (TPSA) is 58.2 Å². The molecule has 0 unspecified atom stereocenters. The Morgan fingerprint density at radius 3 is 2.30 bits per heavy atom. The fourth-order valence-corrected chi connectivity index (χ4v) is 2.98. The maximum atomic E-state index is 12.0. The largest absolute Gasteiger partial charge is 0.319 e. The van der Waals surface area contributed by atoms with Crippen LogP contribution in [0.1, 0.15) is 0 Å². The van der Waals surface area contributed by atoms with Crippen molar-refractivity contribution < 1.29 is 8.42 Å². The number of anilines is 1. The van der Waals surface area contributed by atoms with Gasteiger partial charge in [-0.2, -0.15) is 0 Å². The van der Waals surface area contributed by atoms with Gasteiger partial charge in [0.1, 0.15) is 0 Å². The molecule has 20 heavy (non-hydrogen) atoms. The number of hydrogen-bond donors (Lipinski definition) is 2. The molecule has 0 radical (unpaired) electrons. The third-order valence-electron chi connectivity index (χ3n) is 2.90. The molecule has 0 aliphatic carbocycles. The Bertz CT molecular complexity index is 655. The Hall–Kier alpha value is -1.85. The molecule has 0 atom stereocenters. The maximum Gasteiger partial charge on any atom is 0.233 e. The summed E-state index contributed by atoms with van der Waals surface area (Å²) in [5.41, 5.74) is 2.47. The first kappa shape index (κ1) is 14.6. The molecule has 2 aromatic rings. The number of para-hydroxylation sites is 1. The maximum absolute atomic E-state index is 12.0. The Labute approximate surface area is 119 Å². The molecule has 2 N–H and O–H groups in total. The van der Waals surface area contributed by atoms with Gasteiger partial charge < -0.3 is 5.32 Å². The van der Waals surface area contributed by atoms with Crippen LogP contribution in [0.15, 0.2) is 54.6 Å². The van der Waals surface area contributed by atoms with Gasteiger partial charge in [0.2, 0.25) is 10.0 Å².